The lowest BCUT2D eigenvalue weighted by Gasteiger charge is -2.27. The molecule has 3 rings (SSSR count). The molecule has 2 bridgehead atoms. The third-order valence-electron chi connectivity index (χ3n) is 5.07. The molecule has 3 aliphatic rings. The van der Waals surface area contributed by atoms with Crippen LogP contribution in [0.15, 0.2) is 23.8 Å². The molecule has 2 saturated heterocycles. The van der Waals surface area contributed by atoms with E-state index >= 15 is 0 Å². The first-order valence-corrected chi connectivity index (χ1v) is 7.87. The van der Waals surface area contributed by atoms with E-state index in [0.717, 1.165) is 12.8 Å². The Bertz CT molecular complexity index is 563. The van der Waals surface area contributed by atoms with Crippen LogP contribution in [0.25, 0.3) is 0 Å². The van der Waals surface area contributed by atoms with Gasteiger partial charge in [-0.1, -0.05) is 23.8 Å². The summed E-state index contributed by atoms with van der Waals surface area (Å²) in [6.45, 7) is 6.56. The van der Waals surface area contributed by atoms with E-state index in [1.54, 1.807) is 11.0 Å². The molecule has 0 aromatic rings. The van der Waals surface area contributed by atoms with Crippen LogP contribution in [0.5, 0.6) is 0 Å². The summed E-state index contributed by atoms with van der Waals surface area (Å²) in [5, 5.41) is 11.4. The summed E-state index contributed by atoms with van der Waals surface area (Å²) >= 11 is 0. The lowest BCUT2D eigenvalue weighted by atomic mass is 9.77. The van der Waals surface area contributed by atoms with Gasteiger partial charge in [0.25, 0.3) is 0 Å². The summed E-state index contributed by atoms with van der Waals surface area (Å²) in [6, 6.07) is 0.0709. The van der Waals surface area contributed by atoms with Crippen molar-refractivity contribution in [2.45, 2.75) is 51.4 Å². The highest BCUT2D eigenvalue weighted by atomic mass is 16.5. The lowest BCUT2D eigenvalue weighted by molar-refractivity contribution is -0.313. The summed E-state index contributed by atoms with van der Waals surface area (Å²) < 4.78 is 5.84. The molecule has 0 N–H and O–H groups in total. The third kappa shape index (κ3) is 2.19. The number of carbonyl (C=O) groups excluding carboxylic acids is 2. The van der Waals surface area contributed by atoms with Gasteiger partial charge in [0.05, 0.1) is 18.6 Å². The van der Waals surface area contributed by atoms with Gasteiger partial charge in [0.2, 0.25) is 5.91 Å². The van der Waals surface area contributed by atoms with Gasteiger partial charge in [-0.25, -0.2) is 0 Å². The fourth-order valence-electron chi connectivity index (χ4n) is 3.94. The second-order valence-corrected chi connectivity index (χ2v) is 6.89. The Labute approximate surface area is 130 Å². The fraction of sp³-hybridized carbons (Fsp3) is 0.647. The summed E-state index contributed by atoms with van der Waals surface area (Å²) in [4.78, 5) is 25.9. The zero-order valence-electron chi connectivity index (χ0n) is 13.2. The maximum Gasteiger partial charge on any atom is 0.230 e. The number of rotatable bonds is 5. The molecule has 0 aromatic heterocycles. The van der Waals surface area contributed by atoms with Crippen LogP contribution in [-0.4, -0.2) is 41.1 Å². The number of nitrogens with zero attached hydrogens (tertiary/aromatic N) is 1. The maximum absolute atomic E-state index is 12.7. The molecule has 5 nitrogen and oxygen atoms in total. The standard InChI is InChI=1S/C17H23NO4/c1-10(2)5-4-6-11(3)18-9-17-8-7-12(22-17)13(16(20)21)14(17)15(18)19/h5,7-8,11-14H,4,6,9H2,1-3H3,(H,20,21)/p-1/t11-,12+,13-,14-,17+/m0/s1. The number of carbonyl (C=O) groups is 2. The van der Waals surface area contributed by atoms with Crippen molar-refractivity contribution < 1.29 is 19.4 Å². The minimum atomic E-state index is -1.19. The lowest BCUT2D eigenvalue weighted by Crippen LogP contribution is -2.45. The first kappa shape index (κ1) is 15.3. The van der Waals surface area contributed by atoms with Crippen molar-refractivity contribution >= 4 is 11.9 Å². The van der Waals surface area contributed by atoms with Gasteiger partial charge in [0, 0.05) is 17.9 Å². The summed E-state index contributed by atoms with van der Waals surface area (Å²) in [5.74, 6) is -2.77. The molecular weight excluding hydrogens is 282 g/mol. The van der Waals surface area contributed by atoms with E-state index in [0.29, 0.717) is 6.54 Å². The Kier molecular flexibility index (Phi) is 3.63. The Morgan fingerprint density at radius 2 is 2.32 bits per heavy atom. The van der Waals surface area contributed by atoms with Gasteiger partial charge in [0.1, 0.15) is 5.60 Å². The fourth-order valence-corrected chi connectivity index (χ4v) is 3.94. The third-order valence-corrected chi connectivity index (χ3v) is 5.07. The molecular formula is C17H22NO4-. The number of fused-ring (bicyclic) bond motifs is 1. The molecule has 3 aliphatic heterocycles. The molecule has 22 heavy (non-hydrogen) atoms. The van der Waals surface area contributed by atoms with Gasteiger partial charge in [0.15, 0.2) is 0 Å². The first-order valence-electron chi connectivity index (χ1n) is 7.87. The average molecular weight is 304 g/mol. The van der Waals surface area contributed by atoms with Crippen LogP contribution in [-0.2, 0) is 14.3 Å². The van der Waals surface area contributed by atoms with Crippen LogP contribution >= 0.6 is 0 Å². The van der Waals surface area contributed by atoms with E-state index in [2.05, 4.69) is 19.9 Å². The Balaban J connectivity index is 1.76. The topological polar surface area (TPSA) is 69.7 Å². The van der Waals surface area contributed by atoms with E-state index in [-0.39, 0.29) is 11.9 Å². The Morgan fingerprint density at radius 1 is 1.59 bits per heavy atom. The van der Waals surface area contributed by atoms with Crippen molar-refractivity contribution in [2.75, 3.05) is 6.54 Å². The second kappa shape index (κ2) is 5.23. The van der Waals surface area contributed by atoms with Gasteiger partial charge >= 0.3 is 0 Å². The molecule has 5 atom stereocenters. The molecule has 120 valence electrons. The van der Waals surface area contributed by atoms with Crippen molar-refractivity contribution in [3.05, 3.63) is 23.8 Å². The number of allylic oxidation sites excluding steroid dienone is 2. The molecule has 3 heterocycles. The molecule has 1 amide bonds. The van der Waals surface area contributed by atoms with E-state index in [4.69, 9.17) is 4.74 Å². The number of carboxylic acids is 1. The minimum absolute atomic E-state index is 0.0709. The van der Waals surface area contributed by atoms with Crippen molar-refractivity contribution in [1.82, 2.24) is 4.90 Å². The van der Waals surface area contributed by atoms with Crippen LogP contribution in [0, 0.1) is 11.8 Å². The monoisotopic (exact) mass is 304 g/mol. The van der Waals surface area contributed by atoms with E-state index < -0.39 is 29.5 Å². The number of aliphatic carboxylic acids is 1. The first-order chi connectivity index (χ1) is 10.4. The van der Waals surface area contributed by atoms with Gasteiger partial charge in [-0.2, -0.15) is 0 Å². The van der Waals surface area contributed by atoms with Gasteiger partial charge in [-0.15, -0.1) is 0 Å². The molecule has 2 fully saturated rings. The molecule has 1 spiro atoms. The van der Waals surface area contributed by atoms with E-state index in [1.165, 1.54) is 5.57 Å². The Hall–Kier alpha value is -1.62. The highest BCUT2D eigenvalue weighted by molar-refractivity contribution is 5.90. The number of hydrogen-bond acceptors (Lipinski definition) is 4. The van der Waals surface area contributed by atoms with E-state index in [9.17, 15) is 14.7 Å². The normalized spacial score (nSPS) is 36.6. The second-order valence-electron chi connectivity index (χ2n) is 6.89. The summed E-state index contributed by atoms with van der Waals surface area (Å²) in [6.07, 6.45) is 7.06. The predicted molar refractivity (Wildman–Crippen MR) is 78.6 cm³/mol. The van der Waals surface area contributed by atoms with Crippen LogP contribution in [0.3, 0.4) is 0 Å². The average Bonchev–Trinajstić information content (AvgIpc) is 3.06. The molecule has 0 aromatic carbocycles. The zero-order valence-corrected chi connectivity index (χ0v) is 13.2. The van der Waals surface area contributed by atoms with Crippen molar-refractivity contribution in [3.8, 4) is 0 Å². The summed E-state index contributed by atoms with van der Waals surface area (Å²) in [7, 11) is 0. The quantitative estimate of drug-likeness (QED) is 0.699. The molecule has 0 radical (unpaired) electrons. The van der Waals surface area contributed by atoms with Crippen LogP contribution in [0.4, 0.5) is 0 Å². The van der Waals surface area contributed by atoms with Crippen molar-refractivity contribution in [1.29, 1.82) is 0 Å². The molecule has 0 unspecified atom stereocenters. The zero-order chi connectivity index (χ0) is 16.1. The maximum atomic E-state index is 12.7. The molecule has 0 saturated carbocycles. The SMILES string of the molecule is CC(C)=CCC[C@H](C)N1C[C@@]23C=C[C@@H](O2)[C@H](C(=O)[O-])[C@H]3C1=O. The number of ether oxygens (including phenoxy) is 1. The minimum Gasteiger partial charge on any atom is -0.550 e. The van der Waals surface area contributed by atoms with Gasteiger partial charge in [-0.3, -0.25) is 4.79 Å². The number of hydrogen-bond donors (Lipinski definition) is 0. The number of likely N-dealkylation sites (tertiary alicyclic amines) is 1. The van der Waals surface area contributed by atoms with Crippen molar-refractivity contribution in [3.63, 3.8) is 0 Å². The molecule has 0 aliphatic carbocycles. The largest absolute Gasteiger partial charge is 0.550 e. The number of amides is 1. The highest BCUT2D eigenvalue weighted by Gasteiger charge is 2.65. The van der Waals surface area contributed by atoms with Crippen LogP contribution in [0.2, 0.25) is 0 Å². The smallest absolute Gasteiger partial charge is 0.230 e. The van der Waals surface area contributed by atoms with Gasteiger partial charge < -0.3 is 19.5 Å². The highest BCUT2D eigenvalue weighted by Crippen LogP contribution is 2.52. The Morgan fingerprint density at radius 3 is 2.95 bits per heavy atom. The predicted octanol–water partition coefficient (Wildman–Crippen LogP) is 0.653. The van der Waals surface area contributed by atoms with Crippen LogP contribution in [0.1, 0.15) is 33.6 Å². The van der Waals surface area contributed by atoms with E-state index in [1.807, 2.05) is 13.0 Å². The van der Waals surface area contributed by atoms with Gasteiger partial charge in [-0.05, 0) is 33.6 Å². The molecule has 5 heteroatoms. The number of carboxylic acid groups (broad SMARTS) is 1. The summed E-state index contributed by atoms with van der Waals surface area (Å²) in [5.41, 5.74) is 0.509. The van der Waals surface area contributed by atoms with Crippen molar-refractivity contribution in [2.24, 2.45) is 11.8 Å². The van der Waals surface area contributed by atoms with Crippen LogP contribution < -0.4 is 5.11 Å².